The molecule has 0 aromatic heterocycles. The zero-order valence-electron chi connectivity index (χ0n) is 10.2. The molecule has 17 heavy (non-hydrogen) atoms. The molecule has 0 aliphatic rings. The second-order valence-electron chi connectivity index (χ2n) is 4.14. The maximum absolute atomic E-state index is 11.8. The Balaban J connectivity index is 2.69. The number of anilines is 1. The average Bonchev–Trinajstić information content (AvgIpc) is 2.22. The first kappa shape index (κ1) is 14.3. The minimum atomic E-state index is -3.25. The third-order valence-electron chi connectivity index (χ3n) is 2.44. The van der Waals surface area contributed by atoms with E-state index in [9.17, 15) is 8.42 Å². The number of hydrogen-bond acceptors (Lipinski definition) is 2. The highest BCUT2D eigenvalue weighted by molar-refractivity contribution is 7.92. The SMILES string of the molecule is Cc1ccc(NS(=O)(=O)CCCCCl)c(C)c1. The molecule has 0 spiro atoms. The fraction of sp³-hybridized carbons (Fsp3) is 0.500. The Bertz CT molecular complexity index is 471. The van der Waals surface area contributed by atoms with Crippen LogP contribution in [0, 0.1) is 13.8 Å². The molecule has 0 heterocycles. The van der Waals surface area contributed by atoms with Crippen molar-refractivity contribution in [1.29, 1.82) is 0 Å². The summed E-state index contributed by atoms with van der Waals surface area (Å²) < 4.78 is 26.1. The predicted molar refractivity (Wildman–Crippen MR) is 73.3 cm³/mol. The molecule has 0 saturated heterocycles. The fourth-order valence-electron chi connectivity index (χ4n) is 1.53. The van der Waals surface area contributed by atoms with Crippen LogP contribution >= 0.6 is 11.6 Å². The van der Waals surface area contributed by atoms with Gasteiger partial charge in [-0.15, -0.1) is 11.6 Å². The molecule has 0 bridgehead atoms. The second-order valence-corrected chi connectivity index (χ2v) is 6.36. The zero-order chi connectivity index (χ0) is 12.9. The van der Waals surface area contributed by atoms with Gasteiger partial charge in [-0.2, -0.15) is 0 Å². The van der Waals surface area contributed by atoms with E-state index >= 15 is 0 Å². The van der Waals surface area contributed by atoms with Gasteiger partial charge < -0.3 is 0 Å². The average molecular weight is 276 g/mol. The van der Waals surface area contributed by atoms with Crippen LogP contribution in [0.2, 0.25) is 0 Å². The van der Waals surface area contributed by atoms with Crippen molar-refractivity contribution in [3.05, 3.63) is 29.3 Å². The number of benzene rings is 1. The lowest BCUT2D eigenvalue weighted by molar-refractivity contribution is 0.598. The Morgan fingerprint density at radius 3 is 2.53 bits per heavy atom. The van der Waals surface area contributed by atoms with E-state index in [1.165, 1.54) is 0 Å². The maximum Gasteiger partial charge on any atom is 0.232 e. The van der Waals surface area contributed by atoms with Gasteiger partial charge in [0.25, 0.3) is 0 Å². The molecule has 0 saturated carbocycles. The van der Waals surface area contributed by atoms with Gasteiger partial charge in [-0.1, -0.05) is 17.7 Å². The van der Waals surface area contributed by atoms with E-state index in [0.717, 1.165) is 17.5 Å². The Morgan fingerprint density at radius 1 is 1.24 bits per heavy atom. The minimum absolute atomic E-state index is 0.118. The van der Waals surface area contributed by atoms with Gasteiger partial charge in [-0.25, -0.2) is 8.42 Å². The number of aryl methyl sites for hydroxylation is 2. The van der Waals surface area contributed by atoms with Crippen LogP contribution in [-0.2, 0) is 10.0 Å². The predicted octanol–water partition coefficient (Wildman–Crippen LogP) is 3.06. The summed E-state index contributed by atoms with van der Waals surface area (Å²) in [6.45, 7) is 3.87. The molecule has 0 aliphatic heterocycles. The number of hydrogen-bond donors (Lipinski definition) is 1. The Morgan fingerprint density at radius 2 is 1.94 bits per heavy atom. The van der Waals surface area contributed by atoms with Gasteiger partial charge in [-0.05, 0) is 38.3 Å². The summed E-state index contributed by atoms with van der Waals surface area (Å²) in [4.78, 5) is 0. The lowest BCUT2D eigenvalue weighted by Crippen LogP contribution is -2.17. The number of alkyl halides is 1. The van der Waals surface area contributed by atoms with Crippen molar-refractivity contribution in [2.75, 3.05) is 16.4 Å². The molecule has 1 aromatic rings. The monoisotopic (exact) mass is 275 g/mol. The third-order valence-corrected chi connectivity index (χ3v) is 4.07. The standard InChI is InChI=1S/C12H18ClNO2S/c1-10-5-6-12(11(2)9-10)14-17(15,16)8-4-3-7-13/h5-6,9,14H,3-4,7-8H2,1-2H3. The first-order chi connectivity index (χ1) is 7.94. The van der Waals surface area contributed by atoms with E-state index in [2.05, 4.69) is 4.72 Å². The molecular weight excluding hydrogens is 258 g/mol. The lowest BCUT2D eigenvalue weighted by Gasteiger charge is -2.10. The maximum atomic E-state index is 11.8. The van der Waals surface area contributed by atoms with Crippen LogP contribution in [0.25, 0.3) is 0 Å². The Hall–Kier alpha value is -0.740. The molecule has 0 aliphatic carbocycles. The summed E-state index contributed by atoms with van der Waals surface area (Å²) in [5, 5.41) is 0. The normalized spacial score (nSPS) is 11.5. The van der Waals surface area contributed by atoms with Crippen LogP contribution in [0.4, 0.5) is 5.69 Å². The van der Waals surface area contributed by atoms with E-state index in [-0.39, 0.29) is 5.75 Å². The fourth-order valence-corrected chi connectivity index (χ4v) is 2.97. The van der Waals surface area contributed by atoms with Crippen molar-refractivity contribution in [1.82, 2.24) is 0 Å². The third kappa shape index (κ3) is 4.96. The van der Waals surface area contributed by atoms with Crippen molar-refractivity contribution < 1.29 is 8.42 Å². The molecule has 5 heteroatoms. The number of nitrogens with one attached hydrogen (secondary N) is 1. The Labute approximate surface area is 108 Å². The van der Waals surface area contributed by atoms with Gasteiger partial charge in [0, 0.05) is 5.88 Å². The van der Waals surface area contributed by atoms with Crippen molar-refractivity contribution in [3.63, 3.8) is 0 Å². The van der Waals surface area contributed by atoms with E-state index < -0.39 is 10.0 Å². The van der Waals surface area contributed by atoms with Gasteiger partial charge >= 0.3 is 0 Å². The molecule has 1 N–H and O–H groups in total. The summed E-state index contributed by atoms with van der Waals surface area (Å²) in [5.41, 5.74) is 2.71. The van der Waals surface area contributed by atoms with Gasteiger partial charge in [-0.3, -0.25) is 4.72 Å². The molecule has 0 atom stereocenters. The highest BCUT2D eigenvalue weighted by Gasteiger charge is 2.11. The van der Waals surface area contributed by atoms with Crippen LogP contribution in [0.5, 0.6) is 0 Å². The molecule has 0 amide bonds. The number of rotatable bonds is 6. The Kier molecular flexibility index (Phi) is 5.28. The summed E-state index contributed by atoms with van der Waals surface area (Å²) in [5.74, 6) is 0.617. The number of sulfonamides is 1. The van der Waals surface area contributed by atoms with Crippen molar-refractivity contribution in [3.8, 4) is 0 Å². The van der Waals surface area contributed by atoms with Crippen molar-refractivity contribution in [2.24, 2.45) is 0 Å². The topological polar surface area (TPSA) is 46.2 Å². The molecule has 1 rings (SSSR count). The molecule has 3 nitrogen and oxygen atoms in total. The van der Waals surface area contributed by atoms with Crippen LogP contribution in [0.1, 0.15) is 24.0 Å². The summed E-state index contributed by atoms with van der Waals surface area (Å²) >= 11 is 5.52. The first-order valence-corrected chi connectivity index (χ1v) is 7.77. The van der Waals surface area contributed by atoms with E-state index in [0.29, 0.717) is 18.0 Å². The number of halogens is 1. The molecule has 0 fully saturated rings. The first-order valence-electron chi connectivity index (χ1n) is 5.58. The zero-order valence-corrected chi connectivity index (χ0v) is 11.7. The van der Waals surface area contributed by atoms with E-state index in [4.69, 9.17) is 11.6 Å². The quantitative estimate of drug-likeness (QED) is 0.641. The van der Waals surface area contributed by atoms with Gasteiger partial charge in [0.15, 0.2) is 0 Å². The van der Waals surface area contributed by atoms with Crippen molar-refractivity contribution in [2.45, 2.75) is 26.7 Å². The summed E-state index contributed by atoms with van der Waals surface area (Å²) in [6.07, 6.45) is 1.30. The van der Waals surface area contributed by atoms with Gasteiger partial charge in [0.1, 0.15) is 0 Å². The second kappa shape index (κ2) is 6.26. The molecule has 1 aromatic carbocycles. The van der Waals surface area contributed by atoms with E-state index in [1.807, 2.05) is 26.0 Å². The van der Waals surface area contributed by atoms with Gasteiger partial charge in [0.2, 0.25) is 10.0 Å². The lowest BCUT2D eigenvalue weighted by atomic mass is 10.1. The molecule has 0 unspecified atom stereocenters. The molecular formula is C12H18ClNO2S. The van der Waals surface area contributed by atoms with Crippen LogP contribution in [0.3, 0.4) is 0 Å². The number of unbranched alkanes of at least 4 members (excludes halogenated alkanes) is 1. The van der Waals surface area contributed by atoms with Crippen molar-refractivity contribution >= 4 is 27.3 Å². The summed E-state index contributed by atoms with van der Waals surface area (Å²) in [7, 11) is -3.25. The molecule has 0 radical (unpaired) electrons. The van der Waals surface area contributed by atoms with Gasteiger partial charge in [0.05, 0.1) is 11.4 Å². The largest absolute Gasteiger partial charge is 0.283 e. The van der Waals surface area contributed by atoms with Crippen LogP contribution in [-0.4, -0.2) is 20.1 Å². The summed E-state index contributed by atoms with van der Waals surface area (Å²) in [6, 6.07) is 5.64. The molecule has 96 valence electrons. The van der Waals surface area contributed by atoms with Crippen LogP contribution < -0.4 is 4.72 Å². The van der Waals surface area contributed by atoms with E-state index in [1.54, 1.807) is 6.07 Å². The minimum Gasteiger partial charge on any atom is -0.283 e. The smallest absolute Gasteiger partial charge is 0.232 e. The van der Waals surface area contributed by atoms with Crippen LogP contribution in [0.15, 0.2) is 18.2 Å². The highest BCUT2D eigenvalue weighted by atomic mass is 35.5. The highest BCUT2D eigenvalue weighted by Crippen LogP contribution is 2.17.